The number of nitrogens with zero attached hydrogens (tertiary/aromatic N) is 3. The quantitative estimate of drug-likeness (QED) is 0.305. The number of aromatic nitrogens is 2. The number of rotatable bonds is 8. The van der Waals surface area contributed by atoms with Crippen LogP contribution in [-0.2, 0) is 0 Å². The van der Waals surface area contributed by atoms with Gasteiger partial charge in [-0.2, -0.15) is 0 Å². The molecule has 0 bridgehead atoms. The van der Waals surface area contributed by atoms with Crippen LogP contribution in [-0.4, -0.2) is 28.8 Å². The summed E-state index contributed by atoms with van der Waals surface area (Å²) in [6, 6.07) is 4.39. The molecular formula is C23H23F4N3O. The normalized spacial score (nSPS) is 13.6. The molecule has 0 saturated carbocycles. The van der Waals surface area contributed by atoms with Gasteiger partial charge in [-0.3, -0.25) is 15.0 Å². The highest BCUT2D eigenvalue weighted by Crippen LogP contribution is 2.35. The third kappa shape index (κ3) is 5.00. The SMILES string of the molecule is C=N[C@](C)(COc1cnc(-c2ccnc3cc(F)cc(F)c23)cc1C(F)F)CC(C)C. The molecule has 0 amide bonds. The molecule has 31 heavy (non-hydrogen) atoms. The number of aliphatic imine (C=N–C) groups is 1. The molecule has 164 valence electrons. The standard InChI is InChI=1S/C23H23F4N3O/c1-13(2)10-23(3,28-4)12-31-20-11-30-18(9-16(20)22(26)27)15-5-6-29-19-8-14(24)7-17(25)21(15)19/h5-9,11,13,22H,4,10,12H2,1-3H3/t23-/m0/s1. The van der Waals surface area contributed by atoms with E-state index in [1.807, 2.05) is 20.8 Å². The van der Waals surface area contributed by atoms with Crippen LogP contribution in [0.1, 0.15) is 39.2 Å². The molecule has 8 heteroatoms. The Bertz CT molecular complexity index is 1100. The van der Waals surface area contributed by atoms with E-state index in [1.165, 1.54) is 18.5 Å². The molecule has 0 radical (unpaired) electrons. The summed E-state index contributed by atoms with van der Waals surface area (Å²) in [4.78, 5) is 12.3. The van der Waals surface area contributed by atoms with E-state index < -0.39 is 23.6 Å². The number of pyridine rings is 2. The van der Waals surface area contributed by atoms with E-state index in [9.17, 15) is 17.6 Å². The minimum absolute atomic E-state index is 0.00523. The summed E-state index contributed by atoms with van der Waals surface area (Å²) >= 11 is 0. The summed E-state index contributed by atoms with van der Waals surface area (Å²) in [5.74, 6) is -1.39. The van der Waals surface area contributed by atoms with Gasteiger partial charge in [0.05, 0.1) is 28.5 Å². The van der Waals surface area contributed by atoms with E-state index >= 15 is 0 Å². The van der Waals surface area contributed by atoms with Crippen LogP contribution >= 0.6 is 0 Å². The van der Waals surface area contributed by atoms with Crippen molar-refractivity contribution in [3.8, 4) is 17.0 Å². The van der Waals surface area contributed by atoms with Crippen molar-refractivity contribution in [3.63, 3.8) is 0 Å². The number of halogens is 4. The predicted octanol–water partition coefficient (Wildman–Crippen LogP) is 6.40. The molecule has 0 saturated heterocycles. The van der Waals surface area contributed by atoms with E-state index in [1.54, 1.807) is 0 Å². The summed E-state index contributed by atoms with van der Waals surface area (Å²) in [6.07, 6.45) is 0.353. The summed E-state index contributed by atoms with van der Waals surface area (Å²) in [5, 5.41) is 0.00523. The predicted molar refractivity (Wildman–Crippen MR) is 113 cm³/mol. The average Bonchev–Trinajstić information content (AvgIpc) is 2.71. The fourth-order valence-electron chi connectivity index (χ4n) is 3.60. The molecule has 0 aliphatic heterocycles. The molecule has 0 unspecified atom stereocenters. The van der Waals surface area contributed by atoms with Crippen molar-refractivity contribution in [2.24, 2.45) is 10.9 Å². The first-order chi connectivity index (χ1) is 14.6. The second kappa shape index (κ2) is 8.99. The second-order valence-electron chi connectivity index (χ2n) is 8.09. The maximum atomic E-state index is 14.4. The zero-order chi connectivity index (χ0) is 22.8. The summed E-state index contributed by atoms with van der Waals surface area (Å²) < 4.78 is 61.2. The number of hydrogen-bond donors (Lipinski definition) is 0. The molecule has 0 aliphatic carbocycles. The van der Waals surface area contributed by atoms with Crippen LogP contribution in [0.15, 0.2) is 41.7 Å². The van der Waals surface area contributed by atoms with Crippen LogP contribution < -0.4 is 4.74 Å². The van der Waals surface area contributed by atoms with Crippen molar-refractivity contribution >= 4 is 17.6 Å². The fraction of sp³-hybridized carbons (Fsp3) is 0.348. The van der Waals surface area contributed by atoms with E-state index in [0.29, 0.717) is 12.3 Å². The van der Waals surface area contributed by atoms with Crippen molar-refractivity contribution in [2.45, 2.75) is 39.2 Å². The first kappa shape index (κ1) is 22.7. The molecule has 0 fully saturated rings. The summed E-state index contributed by atoms with van der Waals surface area (Å²) in [7, 11) is 0. The van der Waals surface area contributed by atoms with Gasteiger partial charge in [-0.05, 0) is 38.1 Å². The number of hydrogen-bond acceptors (Lipinski definition) is 4. The Balaban J connectivity index is 2.00. The third-order valence-corrected chi connectivity index (χ3v) is 4.94. The minimum Gasteiger partial charge on any atom is -0.489 e. The lowest BCUT2D eigenvalue weighted by Crippen LogP contribution is -2.32. The maximum absolute atomic E-state index is 14.4. The first-order valence-corrected chi connectivity index (χ1v) is 9.76. The van der Waals surface area contributed by atoms with Gasteiger partial charge in [0.15, 0.2) is 0 Å². The Morgan fingerprint density at radius 3 is 2.55 bits per heavy atom. The third-order valence-electron chi connectivity index (χ3n) is 4.94. The molecule has 0 aliphatic rings. The minimum atomic E-state index is -2.85. The molecule has 1 aromatic carbocycles. The van der Waals surface area contributed by atoms with Crippen LogP contribution in [0.25, 0.3) is 22.2 Å². The van der Waals surface area contributed by atoms with E-state index in [-0.39, 0.29) is 40.1 Å². The van der Waals surface area contributed by atoms with Gasteiger partial charge in [0, 0.05) is 29.3 Å². The Labute approximate surface area is 178 Å². The molecule has 4 nitrogen and oxygen atoms in total. The van der Waals surface area contributed by atoms with Crippen molar-refractivity contribution in [2.75, 3.05) is 6.61 Å². The van der Waals surface area contributed by atoms with Gasteiger partial charge in [0.2, 0.25) is 0 Å². The highest BCUT2D eigenvalue weighted by atomic mass is 19.3. The smallest absolute Gasteiger partial charge is 0.267 e. The fourth-order valence-corrected chi connectivity index (χ4v) is 3.60. The number of alkyl halides is 2. The van der Waals surface area contributed by atoms with Gasteiger partial charge < -0.3 is 4.74 Å². The highest BCUT2D eigenvalue weighted by molar-refractivity contribution is 5.94. The van der Waals surface area contributed by atoms with Gasteiger partial charge >= 0.3 is 0 Å². The molecule has 2 aromatic heterocycles. The van der Waals surface area contributed by atoms with E-state index in [4.69, 9.17) is 4.74 Å². The van der Waals surface area contributed by atoms with Gasteiger partial charge in [0.25, 0.3) is 6.43 Å². The summed E-state index contributed by atoms with van der Waals surface area (Å²) in [6.45, 7) is 9.53. The lowest BCUT2D eigenvalue weighted by Gasteiger charge is -2.27. The monoisotopic (exact) mass is 433 g/mol. The zero-order valence-electron chi connectivity index (χ0n) is 17.5. The van der Waals surface area contributed by atoms with Crippen LogP contribution in [0, 0.1) is 17.6 Å². The average molecular weight is 433 g/mol. The molecule has 2 heterocycles. The molecule has 1 atom stereocenters. The highest BCUT2D eigenvalue weighted by Gasteiger charge is 2.26. The molecule has 3 rings (SSSR count). The Morgan fingerprint density at radius 1 is 1.16 bits per heavy atom. The lowest BCUT2D eigenvalue weighted by molar-refractivity contribution is 0.140. The largest absolute Gasteiger partial charge is 0.489 e. The number of ether oxygens (including phenoxy) is 1. The van der Waals surface area contributed by atoms with E-state index in [2.05, 4.69) is 21.7 Å². The topological polar surface area (TPSA) is 47.4 Å². The maximum Gasteiger partial charge on any atom is 0.267 e. The molecule has 0 N–H and O–H groups in total. The van der Waals surface area contributed by atoms with Crippen molar-refractivity contribution < 1.29 is 22.3 Å². The van der Waals surface area contributed by atoms with Crippen molar-refractivity contribution in [3.05, 3.63) is 53.9 Å². The zero-order valence-corrected chi connectivity index (χ0v) is 17.5. The second-order valence-corrected chi connectivity index (χ2v) is 8.09. The number of fused-ring (bicyclic) bond motifs is 1. The summed E-state index contributed by atoms with van der Waals surface area (Å²) in [5.41, 5.74) is -0.618. The molecule has 3 aromatic rings. The van der Waals surface area contributed by atoms with Crippen molar-refractivity contribution in [1.29, 1.82) is 0 Å². The molecule has 0 spiro atoms. The van der Waals surface area contributed by atoms with Crippen LogP contribution in [0.5, 0.6) is 5.75 Å². The van der Waals surface area contributed by atoms with Crippen LogP contribution in [0.2, 0.25) is 0 Å². The van der Waals surface area contributed by atoms with Gasteiger partial charge in [0.1, 0.15) is 24.0 Å². The Morgan fingerprint density at radius 2 is 1.90 bits per heavy atom. The van der Waals surface area contributed by atoms with Gasteiger partial charge in [-0.15, -0.1) is 0 Å². The van der Waals surface area contributed by atoms with Crippen LogP contribution in [0.3, 0.4) is 0 Å². The van der Waals surface area contributed by atoms with E-state index in [0.717, 1.165) is 18.2 Å². The Kier molecular flexibility index (Phi) is 6.57. The first-order valence-electron chi connectivity index (χ1n) is 9.76. The van der Waals surface area contributed by atoms with Crippen LogP contribution in [0.4, 0.5) is 17.6 Å². The van der Waals surface area contributed by atoms with Gasteiger partial charge in [-0.1, -0.05) is 13.8 Å². The Hall–Kier alpha value is -3.03. The van der Waals surface area contributed by atoms with Gasteiger partial charge in [-0.25, -0.2) is 17.6 Å². The molecular weight excluding hydrogens is 410 g/mol. The van der Waals surface area contributed by atoms with Crippen molar-refractivity contribution in [1.82, 2.24) is 9.97 Å². The lowest BCUT2D eigenvalue weighted by atomic mass is 9.92. The number of benzene rings is 1.